The average Bonchev–Trinajstić information content (AvgIpc) is 3.05. The molecule has 0 fully saturated rings. The second kappa shape index (κ2) is 6.91. The van der Waals surface area contributed by atoms with Gasteiger partial charge in [0.2, 0.25) is 0 Å². The maximum absolute atomic E-state index is 12.3. The van der Waals surface area contributed by atoms with Gasteiger partial charge < -0.3 is 4.74 Å². The molecule has 1 aromatic heterocycles. The number of aromatic nitrogens is 3. The highest BCUT2D eigenvalue weighted by atomic mass is 16.5. The molecule has 0 aliphatic heterocycles. The van der Waals surface area contributed by atoms with Crippen LogP contribution in [0.2, 0.25) is 0 Å². The van der Waals surface area contributed by atoms with E-state index < -0.39 is 6.04 Å². The van der Waals surface area contributed by atoms with Gasteiger partial charge in [0.05, 0.1) is 18.8 Å². The summed E-state index contributed by atoms with van der Waals surface area (Å²) in [6.45, 7) is 1.75. The van der Waals surface area contributed by atoms with Crippen molar-refractivity contribution in [1.29, 1.82) is 0 Å². The molecule has 3 rings (SSSR count). The number of carbonyl (C=O) groups excluding carboxylic acids is 1. The van der Waals surface area contributed by atoms with Gasteiger partial charge in [-0.25, -0.2) is 10.1 Å². The zero-order valence-corrected chi connectivity index (χ0v) is 13.4. The van der Waals surface area contributed by atoms with Crippen LogP contribution < -0.4 is 10.2 Å². The first kappa shape index (κ1) is 15.7. The topological polar surface area (TPSA) is 81.4 Å². The van der Waals surface area contributed by atoms with Crippen molar-refractivity contribution in [3.63, 3.8) is 0 Å². The number of para-hydroxylation sites is 1. The number of ether oxygens (including phenoxy) is 1. The minimum atomic E-state index is -0.528. The molecular weight excluding hydrogens is 306 g/mol. The molecule has 3 aromatic rings. The van der Waals surface area contributed by atoms with Gasteiger partial charge in [-0.05, 0) is 36.8 Å². The van der Waals surface area contributed by atoms with Gasteiger partial charge in [-0.3, -0.25) is 4.79 Å². The van der Waals surface area contributed by atoms with Crippen LogP contribution in [-0.2, 0) is 4.79 Å². The van der Waals surface area contributed by atoms with Crippen molar-refractivity contribution < 1.29 is 9.53 Å². The van der Waals surface area contributed by atoms with Crippen LogP contribution in [-0.4, -0.2) is 34.2 Å². The van der Waals surface area contributed by atoms with Crippen LogP contribution in [0.5, 0.6) is 5.75 Å². The predicted molar refractivity (Wildman–Crippen MR) is 91.0 cm³/mol. The monoisotopic (exact) mass is 323 g/mol. The van der Waals surface area contributed by atoms with E-state index in [1.807, 2.05) is 48.5 Å². The molecule has 7 heteroatoms. The van der Waals surface area contributed by atoms with Gasteiger partial charge in [0.15, 0.2) is 0 Å². The summed E-state index contributed by atoms with van der Waals surface area (Å²) in [5.41, 5.74) is 4.90. The van der Waals surface area contributed by atoms with Crippen LogP contribution in [0.15, 0.2) is 53.6 Å². The van der Waals surface area contributed by atoms with E-state index in [0.717, 1.165) is 22.3 Å². The van der Waals surface area contributed by atoms with Gasteiger partial charge in [-0.1, -0.05) is 29.5 Å². The third kappa shape index (κ3) is 3.24. The highest BCUT2D eigenvalue weighted by Gasteiger charge is 2.18. The molecule has 0 aliphatic carbocycles. The minimum Gasteiger partial charge on any atom is -0.497 e. The maximum atomic E-state index is 12.3. The molecule has 7 nitrogen and oxygen atoms in total. The van der Waals surface area contributed by atoms with Crippen molar-refractivity contribution in [2.45, 2.75) is 13.0 Å². The molecule has 1 amide bonds. The van der Waals surface area contributed by atoms with Gasteiger partial charge in [-0.15, -0.1) is 5.10 Å². The van der Waals surface area contributed by atoms with E-state index in [-0.39, 0.29) is 5.91 Å². The first-order valence-electron chi connectivity index (χ1n) is 7.46. The van der Waals surface area contributed by atoms with E-state index in [9.17, 15) is 4.79 Å². The Hall–Kier alpha value is -3.22. The fourth-order valence-corrected chi connectivity index (χ4v) is 2.27. The van der Waals surface area contributed by atoms with E-state index >= 15 is 0 Å². The number of hydrazone groups is 1. The third-order valence-electron chi connectivity index (χ3n) is 3.61. The van der Waals surface area contributed by atoms with E-state index in [0.29, 0.717) is 0 Å². The zero-order valence-electron chi connectivity index (χ0n) is 13.4. The maximum Gasteiger partial charge on any atom is 0.264 e. The van der Waals surface area contributed by atoms with Crippen molar-refractivity contribution in [2.75, 3.05) is 7.11 Å². The number of amides is 1. The summed E-state index contributed by atoms with van der Waals surface area (Å²) in [5.74, 6) is 0.456. The molecule has 0 spiro atoms. The molecule has 2 aromatic carbocycles. The molecule has 1 heterocycles. The van der Waals surface area contributed by atoms with Crippen LogP contribution in [0.1, 0.15) is 18.5 Å². The van der Waals surface area contributed by atoms with E-state index in [2.05, 4.69) is 20.8 Å². The molecule has 1 N–H and O–H groups in total. The van der Waals surface area contributed by atoms with E-state index in [1.165, 1.54) is 0 Å². The first-order valence-corrected chi connectivity index (χ1v) is 7.46. The molecule has 0 saturated heterocycles. The number of hydrogen-bond acceptors (Lipinski definition) is 5. The quantitative estimate of drug-likeness (QED) is 0.576. The van der Waals surface area contributed by atoms with Gasteiger partial charge in [0, 0.05) is 0 Å². The van der Waals surface area contributed by atoms with Crippen molar-refractivity contribution in [3.05, 3.63) is 54.1 Å². The van der Waals surface area contributed by atoms with Gasteiger partial charge in [0.1, 0.15) is 17.3 Å². The van der Waals surface area contributed by atoms with Gasteiger partial charge in [-0.2, -0.15) is 5.10 Å². The van der Waals surface area contributed by atoms with Crippen LogP contribution in [0, 0.1) is 0 Å². The molecule has 1 unspecified atom stereocenters. The fraction of sp³-hybridized carbons (Fsp3) is 0.176. The smallest absolute Gasteiger partial charge is 0.264 e. The number of rotatable bonds is 5. The number of hydrogen-bond donors (Lipinski definition) is 1. The van der Waals surface area contributed by atoms with Crippen molar-refractivity contribution in [1.82, 2.24) is 20.4 Å². The van der Waals surface area contributed by atoms with Gasteiger partial charge >= 0.3 is 0 Å². The Morgan fingerprint density at radius 2 is 2.12 bits per heavy atom. The summed E-state index contributed by atoms with van der Waals surface area (Å²) < 4.78 is 6.72. The highest BCUT2D eigenvalue weighted by molar-refractivity contribution is 5.85. The number of nitrogens with zero attached hydrogens (tertiary/aromatic N) is 4. The minimum absolute atomic E-state index is 0.273. The van der Waals surface area contributed by atoms with Crippen LogP contribution >= 0.6 is 0 Å². The fourth-order valence-electron chi connectivity index (χ4n) is 2.27. The zero-order chi connectivity index (χ0) is 16.9. The number of fused-ring (bicyclic) bond motifs is 1. The number of nitrogens with one attached hydrogen (secondary N) is 1. The molecule has 24 heavy (non-hydrogen) atoms. The molecule has 1 atom stereocenters. The Bertz CT molecular complexity index is 887. The summed E-state index contributed by atoms with van der Waals surface area (Å²) in [6, 6.07) is 14.3. The SMILES string of the molecule is COc1cccc(/C=N/NC(=O)C(C)n2nnc3ccccc32)c1. The van der Waals surface area contributed by atoms with Crippen LogP contribution in [0.3, 0.4) is 0 Å². The lowest BCUT2D eigenvalue weighted by atomic mass is 10.2. The molecule has 0 aliphatic rings. The summed E-state index contributed by atoms with van der Waals surface area (Å²) in [7, 11) is 1.60. The second-order valence-electron chi connectivity index (χ2n) is 5.21. The normalized spacial score (nSPS) is 12.4. The molecule has 0 saturated carbocycles. The molecular formula is C17H17N5O2. The summed E-state index contributed by atoms with van der Waals surface area (Å²) in [4.78, 5) is 12.3. The second-order valence-corrected chi connectivity index (χ2v) is 5.21. The van der Waals surface area contributed by atoms with Crippen molar-refractivity contribution in [3.8, 4) is 5.75 Å². The lowest BCUT2D eigenvalue weighted by molar-refractivity contribution is -0.124. The lowest BCUT2D eigenvalue weighted by Gasteiger charge is -2.10. The molecule has 0 bridgehead atoms. The molecule has 122 valence electrons. The number of benzene rings is 2. The summed E-state index contributed by atoms with van der Waals surface area (Å²) in [5, 5.41) is 12.1. The average molecular weight is 323 g/mol. The molecule has 0 radical (unpaired) electrons. The Morgan fingerprint density at radius 1 is 1.29 bits per heavy atom. The largest absolute Gasteiger partial charge is 0.497 e. The van der Waals surface area contributed by atoms with Crippen LogP contribution in [0.25, 0.3) is 11.0 Å². The van der Waals surface area contributed by atoms with Crippen molar-refractivity contribution in [2.24, 2.45) is 5.10 Å². The summed E-state index contributed by atoms with van der Waals surface area (Å²) >= 11 is 0. The van der Waals surface area contributed by atoms with E-state index in [1.54, 1.807) is 24.9 Å². The standard InChI is InChI=1S/C17H17N5O2/c1-12(22-16-9-4-3-8-15(16)19-21-22)17(23)20-18-11-13-6-5-7-14(10-13)24-2/h3-12H,1-2H3,(H,20,23)/b18-11+. The third-order valence-corrected chi connectivity index (χ3v) is 3.61. The Kier molecular flexibility index (Phi) is 4.51. The Morgan fingerprint density at radius 3 is 2.96 bits per heavy atom. The van der Waals surface area contributed by atoms with Crippen molar-refractivity contribution >= 4 is 23.2 Å². The Labute approximate surface area is 138 Å². The highest BCUT2D eigenvalue weighted by Crippen LogP contribution is 2.15. The number of methoxy groups -OCH3 is 1. The van der Waals surface area contributed by atoms with E-state index in [4.69, 9.17) is 4.74 Å². The first-order chi connectivity index (χ1) is 11.7. The van der Waals surface area contributed by atoms with Crippen LogP contribution in [0.4, 0.5) is 0 Å². The lowest BCUT2D eigenvalue weighted by Crippen LogP contribution is -2.28. The summed E-state index contributed by atoms with van der Waals surface area (Å²) in [6.07, 6.45) is 1.56. The predicted octanol–water partition coefficient (Wildman–Crippen LogP) is 2.15. The van der Waals surface area contributed by atoms with Gasteiger partial charge in [0.25, 0.3) is 5.91 Å². The number of carbonyl (C=O) groups is 1. The Balaban J connectivity index is 1.69.